The summed E-state index contributed by atoms with van der Waals surface area (Å²) < 4.78 is 0. The standard InChI is InChI=1S/C6H10N2OS/c1-3(9)5-4(2)10-6(7)8-5/h3,9H,1-2H3,(H2,7,8). The number of aromatic nitrogens is 1. The van der Waals surface area contributed by atoms with Crippen molar-refractivity contribution in [2.24, 2.45) is 0 Å². The second-order valence-corrected chi connectivity index (χ2v) is 3.40. The quantitative estimate of drug-likeness (QED) is 0.643. The van der Waals surface area contributed by atoms with E-state index < -0.39 is 6.10 Å². The van der Waals surface area contributed by atoms with E-state index >= 15 is 0 Å². The van der Waals surface area contributed by atoms with Crippen LogP contribution in [0.5, 0.6) is 0 Å². The first-order valence-corrected chi connectivity index (χ1v) is 3.83. The van der Waals surface area contributed by atoms with Gasteiger partial charge in [0.05, 0.1) is 11.8 Å². The Morgan fingerprint density at radius 2 is 2.30 bits per heavy atom. The van der Waals surface area contributed by atoms with Crippen LogP contribution in [0.15, 0.2) is 0 Å². The zero-order valence-corrected chi connectivity index (χ0v) is 6.77. The molecule has 1 unspecified atom stereocenters. The Kier molecular flexibility index (Phi) is 1.92. The average molecular weight is 158 g/mol. The molecule has 1 aromatic heterocycles. The number of hydrogen-bond donors (Lipinski definition) is 2. The van der Waals surface area contributed by atoms with E-state index in [2.05, 4.69) is 4.98 Å². The molecular weight excluding hydrogens is 148 g/mol. The van der Waals surface area contributed by atoms with Gasteiger partial charge in [-0.2, -0.15) is 0 Å². The minimum Gasteiger partial charge on any atom is -0.387 e. The summed E-state index contributed by atoms with van der Waals surface area (Å²) in [6, 6.07) is 0. The molecule has 0 spiro atoms. The molecule has 3 nitrogen and oxygen atoms in total. The fourth-order valence-corrected chi connectivity index (χ4v) is 1.60. The molecule has 56 valence electrons. The molecule has 0 amide bonds. The zero-order valence-electron chi connectivity index (χ0n) is 5.96. The molecule has 1 rings (SSSR count). The summed E-state index contributed by atoms with van der Waals surface area (Å²) in [6.07, 6.45) is -0.506. The second kappa shape index (κ2) is 2.56. The van der Waals surface area contributed by atoms with Gasteiger partial charge in [0.15, 0.2) is 5.13 Å². The van der Waals surface area contributed by atoms with E-state index in [0.29, 0.717) is 10.8 Å². The molecule has 0 aliphatic rings. The predicted molar refractivity (Wildman–Crippen MR) is 41.9 cm³/mol. The van der Waals surface area contributed by atoms with Gasteiger partial charge in [0, 0.05) is 4.88 Å². The molecule has 10 heavy (non-hydrogen) atoms. The summed E-state index contributed by atoms with van der Waals surface area (Å²) >= 11 is 1.40. The Balaban J connectivity index is 3.03. The third-order valence-corrected chi connectivity index (χ3v) is 2.06. The van der Waals surface area contributed by atoms with Gasteiger partial charge in [0.25, 0.3) is 0 Å². The van der Waals surface area contributed by atoms with Crippen molar-refractivity contribution in [2.45, 2.75) is 20.0 Å². The zero-order chi connectivity index (χ0) is 7.72. The number of anilines is 1. The molecule has 0 aliphatic carbocycles. The van der Waals surface area contributed by atoms with Crippen LogP contribution in [-0.4, -0.2) is 10.1 Å². The van der Waals surface area contributed by atoms with Crippen LogP contribution in [0.2, 0.25) is 0 Å². The van der Waals surface area contributed by atoms with Gasteiger partial charge in [0.2, 0.25) is 0 Å². The van der Waals surface area contributed by atoms with Crippen molar-refractivity contribution >= 4 is 16.5 Å². The van der Waals surface area contributed by atoms with Gasteiger partial charge in [-0.1, -0.05) is 0 Å². The Hall–Kier alpha value is -0.610. The average Bonchev–Trinajstić information content (AvgIpc) is 2.10. The van der Waals surface area contributed by atoms with E-state index in [-0.39, 0.29) is 0 Å². The summed E-state index contributed by atoms with van der Waals surface area (Å²) in [5, 5.41) is 9.63. The smallest absolute Gasteiger partial charge is 0.180 e. The fourth-order valence-electron chi connectivity index (χ4n) is 0.817. The van der Waals surface area contributed by atoms with Crippen LogP contribution in [0.25, 0.3) is 0 Å². The van der Waals surface area contributed by atoms with Gasteiger partial charge < -0.3 is 10.8 Å². The van der Waals surface area contributed by atoms with Gasteiger partial charge in [0.1, 0.15) is 0 Å². The van der Waals surface area contributed by atoms with E-state index in [1.165, 1.54) is 11.3 Å². The highest BCUT2D eigenvalue weighted by Gasteiger charge is 2.09. The number of aryl methyl sites for hydroxylation is 1. The molecule has 0 aromatic carbocycles. The van der Waals surface area contributed by atoms with E-state index in [9.17, 15) is 0 Å². The number of nitrogens with zero attached hydrogens (tertiary/aromatic N) is 1. The summed E-state index contributed by atoms with van der Waals surface area (Å²) in [4.78, 5) is 4.95. The van der Waals surface area contributed by atoms with Gasteiger partial charge in [-0.3, -0.25) is 0 Å². The Morgan fingerprint density at radius 1 is 1.70 bits per heavy atom. The van der Waals surface area contributed by atoms with Gasteiger partial charge >= 0.3 is 0 Å². The lowest BCUT2D eigenvalue weighted by Crippen LogP contribution is -1.93. The largest absolute Gasteiger partial charge is 0.387 e. The predicted octanol–water partition coefficient (Wildman–Crippen LogP) is 1.09. The molecule has 0 saturated heterocycles. The Bertz CT molecular complexity index is 232. The fraction of sp³-hybridized carbons (Fsp3) is 0.500. The van der Waals surface area contributed by atoms with Gasteiger partial charge in [-0.15, -0.1) is 11.3 Å². The molecule has 0 bridgehead atoms. The SMILES string of the molecule is Cc1sc(N)nc1C(C)O. The molecule has 0 aliphatic heterocycles. The molecule has 0 radical (unpaired) electrons. The number of aliphatic hydroxyl groups is 1. The first kappa shape index (κ1) is 7.50. The molecule has 1 atom stereocenters. The maximum Gasteiger partial charge on any atom is 0.180 e. The van der Waals surface area contributed by atoms with E-state index in [4.69, 9.17) is 10.8 Å². The van der Waals surface area contributed by atoms with Crippen molar-refractivity contribution in [1.82, 2.24) is 4.98 Å². The molecule has 4 heteroatoms. The van der Waals surface area contributed by atoms with Crippen molar-refractivity contribution in [3.8, 4) is 0 Å². The lowest BCUT2D eigenvalue weighted by atomic mass is 10.3. The van der Waals surface area contributed by atoms with Crippen LogP contribution in [0, 0.1) is 6.92 Å². The molecule has 0 fully saturated rings. The topological polar surface area (TPSA) is 59.1 Å². The number of nitrogens with two attached hydrogens (primary N) is 1. The highest BCUT2D eigenvalue weighted by molar-refractivity contribution is 7.15. The number of rotatable bonds is 1. The highest BCUT2D eigenvalue weighted by atomic mass is 32.1. The number of hydrogen-bond acceptors (Lipinski definition) is 4. The molecule has 3 N–H and O–H groups in total. The lowest BCUT2D eigenvalue weighted by molar-refractivity contribution is 0.194. The van der Waals surface area contributed by atoms with E-state index in [1.54, 1.807) is 6.92 Å². The van der Waals surface area contributed by atoms with Crippen molar-refractivity contribution in [3.63, 3.8) is 0 Å². The number of thiazole rings is 1. The van der Waals surface area contributed by atoms with Crippen molar-refractivity contribution in [2.75, 3.05) is 5.73 Å². The van der Waals surface area contributed by atoms with Crippen LogP contribution in [0.1, 0.15) is 23.6 Å². The number of aliphatic hydroxyl groups excluding tert-OH is 1. The van der Waals surface area contributed by atoms with Crippen LogP contribution < -0.4 is 5.73 Å². The minimum atomic E-state index is -0.506. The Morgan fingerprint density at radius 3 is 2.50 bits per heavy atom. The van der Waals surface area contributed by atoms with Crippen molar-refractivity contribution in [3.05, 3.63) is 10.6 Å². The van der Waals surface area contributed by atoms with E-state index in [0.717, 1.165) is 4.88 Å². The third-order valence-electron chi connectivity index (χ3n) is 1.24. The Labute approximate surface area is 63.5 Å². The molecule has 1 aromatic rings. The third kappa shape index (κ3) is 1.27. The first-order chi connectivity index (χ1) is 4.61. The van der Waals surface area contributed by atoms with Gasteiger partial charge in [-0.05, 0) is 13.8 Å². The second-order valence-electron chi connectivity index (χ2n) is 2.17. The molecule has 1 heterocycles. The van der Waals surface area contributed by atoms with E-state index in [1.807, 2.05) is 6.92 Å². The normalized spacial score (nSPS) is 13.5. The molecule has 0 saturated carbocycles. The van der Waals surface area contributed by atoms with Crippen LogP contribution in [0.3, 0.4) is 0 Å². The summed E-state index contributed by atoms with van der Waals surface area (Å²) in [6.45, 7) is 3.58. The van der Waals surface area contributed by atoms with Crippen LogP contribution in [-0.2, 0) is 0 Å². The monoisotopic (exact) mass is 158 g/mol. The van der Waals surface area contributed by atoms with Crippen LogP contribution >= 0.6 is 11.3 Å². The maximum atomic E-state index is 9.11. The van der Waals surface area contributed by atoms with Crippen molar-refractivity contribution < 1.29 is 5.11 Å². The molecular formula is C6H10N2OS. The maximum absolute atomic E-state index is 9.11. The summed E-state index contributed by atoms with van der Waals surface area (Å²) in [7, 11) is 0. The first-order valence-electron chi connectivity index (χ1n) is 3.02. The summed E-state index contributed by atoms with van der Waals surface area (Å²) in [5.74, 6) is 0. The van der Waals surface area contributed by atoms with Crippen molar-refractivity contribution in [1.29, 1.82) is 0 Å². The minimum absolute atomic E-state index is 0.506. The number of nitrogen functional groups attached to an aromatic ring is 1. The van der Waals surface area contributed by atoms with Gasteiger partial charge in [-0.25, -0.2) is 4.98 Å². The highest BCUT2D eigenvalue weighted by Crippen LogP contribution is 2.23. The lowest BCUT2D eigenvalue weighted by Gasteiger charge is -1.98. The van der Waals surface area contributed by atoms with Crippen LogP contribution in [0.4, 0.5) is 5.13 Å². The summed E-state index contributed by atoms with van der Waals surface area (Å²) in [5.41, 5.74) is 6.11.